The maximum atomic E-state index is 13.7. The second kappa shape index (κ2) is 6.96. The molecule has 0 radical (unpaired) electrons. The maximum Gasteiger partial charge on any atom is 0.256 e. The van der Waals surface area contributed by atoms with Crippen molar-refractivity contribution in [3.63, 3.8) is 0 Å². The molecular weight excluding hydrogens is 338 g/mol. The number of carbonyl (C=O) groups is 1. The van der Waals surface area contributed by atoms with E-state index in [0.717, 1.165) is 18.4 Å². The zero-order chi connectivity index (χ0) is 17.9. The standard InChI is InChI=1S/C16H16F2N2O3S/c1-20(10-11-7-8-12(17)9-14(11)18)16(21)13-5-3-4-6-15(13)19-24(2,22)23/h3-9,19H,10H2,1-2H3. The normalized spacial score (nSPS) is 11.2. The molecule has 128 valence electrons. The van der Waals surface area contributed by atoms with E-state index in [0.29, 0.717) is 0 Å². The molecule has 0 fully saturated rings. The van der Waals surface area contributed by atoms with Gasteiger partial charge in [0.15, 0.2) is 0 Å². The Labute approximate surface area is 139 Å². The summed E-state index contributed by atoms with van der Waals surface area (Å²) in [5.74, 6) is -1.95. The molecule has 0 aliphatic carbocycles. The molecule has 0 aliphatic rings. The molecule has 5 nitrogen and oxygen atoms in total. The number of halogens is 2. The summed E-state index contributed by atoms with van der Waals surface area (Å²) in [6.45, 7) is -0.0852. The number of hydrogen-bond acceptors (Lipinski definition) is 3. The summed E-state index contributed by atoms with van der Waals surface area (Å²) in [7, 11) is -2.10. The largest absolute Gasteiger partial charge is 0.337 e. The number of nitrogens with one attached hydrogen (secondary N) is 1. The van der Waals surface area contributed by atoms with E-state index in [9.17, 15) is 22.0 Å². The fourth-order valence-corrected chi connectivity index (χ4v) is 2.72. The molecule has 8 heteroatoms. The fourth-order valence-electron chi connectivity index (χ4n) is 2.14. The van der Waals surface area contributed by atoms with Gasteiger partial charge in [-0.25, -0.2) is 17.2 Å². The molecule has 2 aromatic rings. The van der Waals surface area contributed by atoms with Crippen LogP contribution in [0.5, 0.6) is 0 Å². The zero-order valence-electron chi connectivity index (χ0n) is 13.1. The van der Waals surface area contributed by atoms with Crippen LogP contribution in [0.4, 0.5) is 14.5 Å². The van der Waals surface area contributed by atoms with Crippen molar-refractivity contribution in [1.29, 1.82) is 0 Å². The number of hydrogen-bond donors (Lipinski definition) is 1. The van der Waals surface area contributed by atoms with E-state index in [2.05, 4.69) is 4.72 Å². The molecule has 0 spiro atoms. The van der Waals surface area contributed by atoms with Crippen molar-refractivity contribution in [3.8, 4) is 0 Å². The monoisotopic (exact) mass is 354 g/mol. The average Bonchev–Trinajstić information content (AvgIpc) is 2.48. The maximum absolute atomic E-state index is 13.7. The minimum Gasteiger partial charge on any atom is -0.337 e. The van der Waals surface area contributed by atoms with Crippen LogP contribution >= 0.6 is 0 Å². The number of benzene rings is 2. The molecule has 0 aliphatic heterocycles. The van der Waals surface area contributed by atoms with Gasteiger partial charge in [-0.1, -0.05) is 18.2 Å². The van der Waals surface area contributed by atoms with Gasteiger partial charge in [0.1, 0.15) is 11.6 Å². The van der Waals surface area contributed by atoms with Gasteiger partial charge in [0.25, 0.3) is 5.91 Å². The Morgan fingerprint density at radius 1 is 1.17 bits per heavy atom. The van der Waals surface area contributed by atoms with E-state index < -0.39 is 27.6 Å². The quantitative estimate of drug-likeness (QED) is 0.898. The summed E-state index contributed by atoms with van der Waals surface area (Å²) < 4.78 is 51.7. The molecule has 24 heavy (non-hydrogen) atoms. The predicted molar refractivity (Wildman–Crippen MR) is 87.1 cm³/mol. The minimum atomic E-state index is -3.55. The van der Waals surface area contributed by atoms with Crippen LogP contribution in [-0.4, -0.2) is 32.5 Å². The first-order chi connectivity index (χ1) is 11.2. The van der Waals surface area contributed by atoms with Crippen molar-refractivity contribution in [2.75, 3.05) is 18.0 Å². The van der Waals surface area contributed by atoms with Gasteiger partial charge >= 0.3 is 0 Å². The minimum absolute atomic E-state index is 0.0852. The van der Waals surface area contributed by atoms with Crippen LogP contribution in [0.25, 0.3) is 0 Å². The highest BCUT2D eigenvalue weighted by molar-refractivity contribution is 7.92. The molecule has 2 aromatic carbocycles. The van der Waals surface area contributed by atoms with Gasteiger partial charge in [0.2, 0.25) is 10.0 Å². The highest BCUT2D eigenvalue weighted by Crippen LogP contribution is 2.19. The van der Waals surface area contributed by atoms with Crippen LogP contribution in [0.3, 0.4) is 0 Å². The van der Waals surface area contributed by atoms with E-state index in [1.54, 1.807) is 12.1 Å². The van der Waals surface area contributed by atoms with Gasteiger partial charge in [-0.15, -0.1) is 0 Å². The average molecular weight is 354 g/mol. The first kappa shape index (κ1) is 17.9. The molecule has 0 atom stereocenters. The molecule has 0 unspecified atom stereocenters. The molecule has 0 heterocycles. The second-order valence-corrected chi connectivity index (χ2v) is 7.07. The highest BCUT2D eigenvalue weighted by Gasteiger charge is 2.18. The molecule has 2 rings (SSSR count). The lowest BCUT2D eigenvalue weighted by Crippen LogP contribution is -2.28. The van der Waals surface area contributed by atoms with E-state index in [1.165, 1.54) is 30.1 Å². The number of anilines is 1. The van der Waals surface area contributed by atoms with Crippen LogP contribution in [0, 0.1) is 11.6 Å². The van der Waals surface area contributed by atoms with Crippen LogP contribution < -0.4 is 4.72 Å². The van der Waals surface area contributed by atoms with Crippen molar-refractivity contribution < 1.29 is 22.0 Å². The van der Waals surface area contributed by atoms with E-state index in [-0.39, 0.29) is 23.4 Å². The Bertz CT molecular complexity index is 869. The smallest absolute Gasteiger partial charge is 0.256 e. The number of amides is 1. The third-order valence-electron chi connectivity index (χ3n) is 3.22. The summed E-state index contributed by atoms with van der Waals surface area (Å²) in [4.78, 5) is 13.7. The van der Waals surface area contributed by atoms with Gasteiger partial charge in [-0.05, 0) is 18.2 Å². The lowest BCUT2D eigenvalue weighted by Gasteiger charge is -2.19. The molecular formula is C16H16F2N2O3S. The van der Waals surface area contributed by atoms with Gasteiger partial charge in [-0.2, -0.15) is 0 Å². The van der Waals surface area contributed by atoms with Crippen LogP contribution in [0.2, 0.25) is 0 Å². The third kappa shape index (κ3) is 4.51. The van der Waals surface area contributed by atoms with Crippen LogP contribution in [0.1, 0.15) is 15.9 Å². The van der Waals surface area contributed by atoms with Gasteiger partial charge < -0.3 is 4.90 Å². The van der Waals surface area contributed by atoms with Crippen molar-refractivity contribution in [2.24, 2.45) is 0 Å². The number of nitrogens with zero attached hydrogens (tertiary/aromatic N) is 1. The number of carbonyl (C=O) groups excluding carboxylic acids is 1. The first-order valence-electron chi connectivity index (χ1n) is 6.93. The Kier molecular flexibility index (Phi) is 5.18. The van der Waals surface area contributed by atoms with Gasteiger partial charge in [0, 0.05) is 25.2 Å². The lowest BCUT2D eigenvalue weighted by molar-refractivity contribution is 0.0785. The first-order valence-corrected chi connectivity index (χ1v) is 8.83. The van der Waals surface area contributed by atoms with Crippen molar-refractivity contribution in [2.45, 2.75) is 6.54 Å². The number of para-hydroxylation sites is 1. The summed E-state index contributed by atoms with van der Waals surface area (Å²) in [6.07, 6.45) is 0.978. The van der Waals surface area contributed by atoms with E-state index >= 15 is 0 Å². The predicted octanol–water partition coefficient (Wildman–Crippen LogP) is 2.61. The summed E-state index contributed by atoms with van der Waals surface area (Å²) in [5, 5.41) is 0. The van der Waals surface area contributed by atoms with E-state index in [4.69, 9.17) is 0 Å². The lowest BCUT2D eigenvalue weighted by atomic mass is 10.1. The molecule has 1 amide bonds. The Hall–Kier alpha value is -2.48. The summed E-state index contributed by atoms with van der Waals surface area (Å²) >= 11 is 0. The third-order valence-corrected chi connectivity index (χ3v) is 3.81. The Morgan fingerprint density at radius 3 is 2.46 bits per heavy atom. The Balaban J connectivity index is 2.25. The van der Waals surface area contributed by atoms with Gasteiger partial charge in [-0.3, -0.25) is 9.52 Å². The molecule has 0 aromatic heterocycles. The van der Waals surface area contributed by atoms with Crippen molar-refractivity contribution in [1.82, 2.24) is 4.90 Å². The summed E-state index contributed by atoms with van der Waals surface area (Å²) in [5.41, 5.74) is 0.421. The highest BCUT2D eigenvalue weighted by atomic mass is 32.2. The molecule has 0 saturated heterocycles. The fraction of sp³-hybridized carbons (Fsp3) is 0.188. The van der Waals surface area contributed by atoms with Crippen LogP contribution in [-0.2, 0) is 16.6 Å². The SMILES string of the molecule is CN(Cc1ccc(F)cc1F)C(=O)c1ccccc1NS(C)(=O)=O. The van der Waals surface area contributed by atoms with Crippen molar-refractivity contribution in [3.05, 3.63) is 65.2 Å². The van der Waals surface area contributed by atoms with Crippen LogP contribution in [0.15, 0.2) is 42.5 Å². The van der Waals surface area contributed by atoms with E-state index in [1.807, 2.05) is 0 Å². The van der Waals surface area contributed by atoms with Crippen molar-refractivity contribution >= 4 is 21.6 Å². The topological polar surface area (TPSA) is 66.5 Å². The molecule has 0 bridgehead atoms. The molecule has 1 N–H and O–H groups in total. The number of sulfonamides is 1. The number of rotatable bonds is 5. The molecule has 0 saturated carbocycles. The zero-order valence-corrected chi connectivity index (χ0v) is 13.9. The summed E-state index contributed by atoms with van der Waals surface area (Å²) in [6, 6.07) is 9.21. The van der Waals surface area contributed by atoms with Gasteiger partial charge in [0.05, 0.1) is 17.5 Å². The Morgan fingerprint density at radius 2 is 1.83 bits per heavy atom. The second-order valence-electron chi connectivity index (χ2n) is 5.32.